The van der Waals surface area contributed by atoms with Crippen molar-refractivity contribution >= 4 is 91.6 Å². The molecule has 0 unspecified atom stereocenters. The number of nitrogens with zero attached hydrogens (tertiary/aromatic N) is 4. The summed E-state index contributed by atoms with van der Waals surface area (Å²) in [5.74, 6) is 1.66. The zero-order chi connectivity index (χ0) is 27.0. The van der Waals surface area contributed by atoms with Gasteiger partial charge in [-0.2, -0.15) is 20.4 Å². The Hall–Kier alpha value is -1.82. The molecule has 0 aliphatic rings. The van der Waals surface area contributed by atoms with Gasteiger partial charge in [-0.25, -0.2) is 0 Å². The normalized spacial score (nSPS) is 12.4. The van der Waals surface area contributed by atoms with Gasteiger partial charge in [-0.15, -0.1) is 46.2 Å². The van der Waals surface area contributed by atoms with Crippen molar-refractivity contribution in [1.82, 2.24) is 0 Å². The van der Waals surface area contributed by atoms with Crippen LogP contribution < -0.4 is 0 Å². The molecule has 0 saturated carbocycles. The first-order chi connectivity index (χ1) is 18.5. The maximum absolute atomic E-state index is 5.19. The Morgan fingerprint density at radius 2 is 0.974 bits per heavy atom. The standard InChI is InChI=1S/2C14H14N2S3.Cu/c2*1-11(13-8-5-9-18-13)15-16-14(17)19-10-12-6-3-2-4-7-12;/h2*2-9H,10H2,1H3,(H,16,17);/q;;+2/p-2/b2*15-11+;. The van der Waals surface area contributed by atoms with E-state index in [1.54, 1.807) is 22.7 Å². The van der Waals surface area contributed by atoms with E-state index in [0.29, 0.717) is 8.75 Å². The molecule has 0 aliphatic carbocycles. The van der Waals surface area contributed by atoms with Crippen molar-refractivity contribution in [3.8, 4) is 0 Å². The summed E-state index contributed by atoms with van der Waals surface area (Å²) in [5, 5.41) is 20.6. The second kappa shape index (κ2) is 19.3. The third-order valence-electron chi connectivity index (χ3n) is 4.73. The van der Waals surface area contributed by atoms with Gasteiger partial charge in [0.05, 0.1) is 21.2 Å². The molecule has 4 nitrogen and oxygen atoms in total. The number of hydrogen-bond donors (Lipinski definition) is 0. The fourth-order valence-electron chi connectivity index (χ4n) is 2.80. The fourth-order valence-corrected chi connectivity index (χ4v) is 5.74. The molecular weight excluding hydrogens is 648 g/mol. The number of thioether (sulfide) groups is 2. The Balaban J connectivity index is 0.000000267. The maximum atomic E-state index is 5.19. The van der Waals surface area contributed by atoms with Crippen LogP contribution in [0.15, 0.2) is 116 Å². The molecule has 2 aromatic carbocycles. The van der Waals surface area contributed by atoms with Crippen LogP contribution in [0.3, 0.4) is 0 Å². The van der Waals surface area contributed by atoms with E-state index in [1.165, 1.54) is 34.7 Å². The van der Waals surface area contributed by atoms with Gasteiger partial charge in [0.2, 0.25) is 0 Å². The molecule has 1 radical (unpaired) electrons. The predicted molar refractivity (Wildman–Crippen MR) is 178 cm³/mol. The van der Waals surface area contributed by atoms with E-state index in [1.807, 2.05) is 85.3 Å². The average molecular weight is 674 g/mol. The Bertz CT molecular complexity index is 1230. The SMILES string of the molecule is C/C(=N\N=C(/[S-])SCc1ccccc1)c1cccs1.C/C(=N\N=C(/[S-])SCc1ccccc1)c1cccs1.[Cu+2]. The van der Waals surface area contributed by atoms with Crippen molar-refractivity contribution in [1.29, 1.82) is 0 Å². The van der Waals surface area contributed by atoms with Crippen molar-refractivity contribution in [2.24, 2.45) is 20.4 Å². The molecule has 205 valence electrons. The summed E-state index contributed by atoms with van der Waals surface area (Å²) >= 11 is 16.8. The molecule has 2 heterocycles. The van der Waals surface area contributed by atoms with E-state index in [4.69, 9.17) is 25.3 Å². The Morgan fingerprint density at radius 1 is 0.590 bits per heavy atom. The number of thiophene rings is 2. The maximum Gasteiger partial charge on any atom is 2.00 e. The minimum atomic E-state index is 0. The third-order valence-corrected chi connectivity index (χ3v) is 9.17. The molecule has 4 rings (SSSR count). The summed E-state index contributed by atoms with van der Waals surface area (Å²) in [5.41, 5.74) is 4.28. The van der Waals surface area contributed by atoms with Crippen LogP contribution in [0.1, 0.15) is 34.7 Å². The first-order valence-corrected chi connectivity index (χ1v) is 16.1. The van der Waals surface area contributed by atoms with Crippen LogP contribution in [0.2, 0.25) is 0 Å². The summed E-state index contributed by atoms with van der Waals surface area (Å²) < 4.78 is 1.14. The van der Waals surface area contributed by atoms with Gasteiger partial charge >= 0.3 is 17.1 Å². The Kier molecular flexibility index (Phi) is 16.5. The van der Waals surface area contributed by atoms with Crippen LogP contribution in [0.4, 0.5) is 0 Å². The number of rotatable bonds is 8. The van der Waals surface area contributed by atoms with E-state index >= 15 is 0 Å². The minimum Gasteiger partial charge on any atom is -0.752 e. The van der Waals surface area contributed by atoms with Crippen molar-refractivity contribution in [3.05, 3.63) is 117 Å². The van der Waals surface area contributed by atoms with Crippen molar-refractivity contribution < 1.29 is 17.1 Å². The topological polar surface area (TPSA) is 49.4 Å². The van der Waals surface area contributed by atoms with E-state index < -0.39 is 0 Å². The first kappa shape index (κ1) is 33.4. The molecule has 39 heavy (non-hydrogen) atoms. The minimum absolute atomic E-state index is 0. The van der Waals surface area contributed by atoms with E-state index in [9.17, 15) is 0 Å². The van der Waals surface area contributed by atoms with Gasteiger partial charge < -0.3 is 25.3 Å². The van der Waals surface area contributed by atoms with Crippen molar-refractivity contribution in [2.75, 3.05) is 0 Å². The van der Waals surface area contributed by atoms with E-state index in [2.05, 4.69) is 44.7 Å². The van der Waals surface area contributed by atoms with Gasteiger partial charge in [-0.3, -0.25) is 0 Å². The summed E-state index contributed by atoms with van der Waals surface area (Å²) in [6, 6.07) is 28.5. The molecular formula is C28H26CuN4S6. The predicted octanol–water partition coefficient (Wildman–Crippen LogP) is 8.61. The number of benzene rings is 2. The van der Waals surface area contributed by atoms with Gasteiger partial charge in [-0.05, 0) is 56.6 Å². The van der Waals surface area contributed by atoms with E-state index in [0.717, 1.165) is 32.7 Å². The van der Waals surface area contributed by atoms with Crippen LogP contribution in [0.25, 0.3) is 0 Å². The molecule has 2 aromatic heterocycles. The van der Waals surface area contributed by atoms with Crippen LogP contribution in [0, 0.1) is 0 Å². The average Bonchev–Trinajstić information content (AvgIpc) is 3.69. The Labute approximate surface area is 268 Å². The molecule has 0 amide bonds. The summed E-state index contributed by atoms with van der Waals surface area (Å²) in [6.07, 6.45) is 0. The smallest absolute Gasteiger partial charge is 0.752 e. The van der Waals surface area contributed by atoms with Crippen LogP contribution >= 0.6 is 46.2 Å². The van der Waals surface area contributed by atoms with E-state index in [-0.39, 0.29) is 17.1 Å². The van der Waals surface area contributed by atoms with Crippen LogP contribution in [0.5, 0.6) is 0 Å². The number of hydrogen-bond acceptors (Lipinski definition) is 10. The fraction of sp³-hybridized carbons (Fsp3) is 0.143. The van der Waals surface area contributed by atoms with Crippen LogP contribution in [-0.2, 0) is 53.8 Å². The second-order valence-corrected chi connectivity index (χ2v) is 12.7. The zero-order valence-corrected chi connectivity index (χ0v) is 27.0. The van der Waals surface area contributed by atoms with Gasteiger partial charge in [0.1, 0.15) is 0 Å². The van der Waals surface area contributed by atoms with Crippen molar-refractivity contribution in [3.63, 3.8) is 0 Å². The molecule has 0 N–H and O–H groups in total. The second-order valence-electron chi connectivity index (χ2n) is 7.61. The molecule has 4 aromatic rings. The molecule has 0 aliphatic heterocycles. The quantitative estimate of drug-likeness (QED) is 0.0618. The zero-order valence-electron chi connectivity index (χ0n) is 21.2. The molecule has 0 fully saturated rings. The van der Waals surface area contributed by atoms with Gasteiger partial charge in [0.25, 0.3) is 0 Å². The van der Waals surface area contributed by atoms with Gasteiger partial charge in [0, 0.05) is 11.5 Å². The monoisotopic (exact) mass is 673 g/mol. The molecule has 0 atom stereocenters. The molecule has 0 saturated heterocycles. The van der Waals surface area contributed by atoms with Crippen molar-refractivity contribution in [2.45, 2.75) is 25.4 Å². The molecule has 0 spiro atoms. The summed E-state index contributed by atoms with van der Waals surface area (Å²) in [6.45, 7) is 3.89. The summed E-state index contributed by atoms with van der Waals surface area (Å²) in [4.78, 5) is 2.25. The third kappa shape index (κ3) is 13.4. The largest absolute Gasteiger partial charge is 2.00 e. The Morgan fingerprint density at radius 3 is 1.31 bits per heavy atom. The first-order valence-electron chi connectivity index (χ1n) is 11.5. The summed E-state index contributed by atoms with van der Waals surface area (Å²) in [7, 11) is 0. The molecule has 11 heteroatoms. The molecule has 0 bridgehead atoms. The van der Waals surface area contributed by atoms with Gasteiger partial charge in [0.15, 0.2) is 0 Å². The van der Waals surface area contributed by atoms with Crippen LogP contribution in [-0.4, -0.2) is 20.2 Å². The van der Waals surface area contributed by atoms with Gasteiger partial charge in [-0.1, -0.05) is 72.8 Å².